The van der Waals surface area contributed by atoms with Crippen LogP contribution in [0, 0.1) is 0 Å². The molecule has 0 saturated carbocycles. The summed E-state index contributed by atoms with van der Waals surface area (Å²) in [6.07, 6.45) is 0. The second-order valence-electron chi connectivity index (χ2n) is 13.7. The lowest BCUT2D eigenvalue weighted by atomic mass is 9.67. The largest absolute Gasteiger partial charge is 0.311 e. The Morgan fingerprint density at radius 1 is 0.385 bits per heavy atom. The molecule has 0 amide bonds. The van der Waals surface area contributed by atoms with E-state index in [0.29, 0.717) is 0 Å². The van der Waals surface area contributed by atoms with Crippen molar-refractivity contribution in [2.24, 2.45) is 0 Å². The van der Waals surface area contributed by atoms with Crippen LogP contribution in [0.15, 0.2) is 204 Å². The van der Waals surface area contributed by atoms with Gasteiger partial charge in [-0.2, -0.15) is 0 Å². The Balaban J connectivity index is 1.14. The summed E-state index contributed by atoms with van der Waals surface area (Å²) in [5.41, 5.74) is 14.7. The highest BCUT2D eigenvalue weighted by atomic mass is 32.2. The molecule has 0 bridgehead atoms. The molecule has 1 aliphatic heterocycles. The van der Waals surface area contributed by atoms with E-state index in [2.05, 4.69) is 204 Å². The number of nitrogens with zero attached hydrogens (tertiary/aromatic N) is 2. The van der Waals surface area contributed by atoms with Crippen LogP contribution >= 0.6 is 11.8 Å². The fourth-order valence-electron chi connectivity index (χ4n) is 8.95. The molecule has 0 unspecified atom stereocenters. The molecule has 0 N–H and O–H groups in total. The van der Waals surface area contributed by atoms with Crippen molar-refractivity contribution < 1.29 is 0 Å². The van der Waals surface area contributed by atoms with E-state index in [9.17, 15) is 0 Å². The summed E-state index contributed by atoms with van der Waals surface area (Å²) in [7, 11) is 0. The van der Waals surface area contributed by atoms with Crippen LogP contribution in [0.1, 0.15) is 22.3 Å². The number of rotatable bonds is 4. The molecule has 52 heavy (non-hydrogen) atoms. The fraction of sp³-hybridized carbons (Fsp3) is 0.0204. The van der Waals surface area contributed by atoms with Crippen LogP contribution in [0.4, 0.5) is 17.1 Å². The molecule has 0 saturated heterocycles. The first-order valence-electron chi connectivity index (χ1n) is 17.9. The normalized spacial score (nSPS) is 13.5. The first-order valence-corrected chi connectivity index (χ1v) is 18.7. The van der Waals surface area contributed by atoms with Gasteiger partial charge in [-0.3, -0.25) is 0 Å². The Hall–Kier alpha value is -6.29. The summed E-state index contributed by atoms with van der Waals surface area (Å²) in [6.45, 7) is 0. The van der Waals surface area contributed by atoms with E-state index in [1.807, 2.05) is 11.8 Å². The summed E-state index contributed by atoms with van der Waals surface area (Å²) < 4.78 is 2.45. The lowest BCUT2D eigenvalue weighted by molar-refractivity contribution is 0.724. The number of aromatic nitrogens is 1. The number of fused-ring (bicyclic) bond motifs is 12. The van der Waals surface area contributed by atoms with Gasteiger partial charge < -0.3 is 9.47 Å². The molecule has 1 aliphatic carbocycles. The smallest absolute Gasteiger partial charge is 0.0735 e. The molecule has 244 valence electrons. The zero-order valence-corrected chi connectivity index (χ0v) is 29.1. The van der Waals surface area contributed by atoms with E-state index in [1.165, 1.54) is 65.0 Å². The van der Waals surface area contributed by atoms with Gasteiger partial charge in [-0.15, -0.1) is 0 Å². The summed E-state index contributed by atoms with van der Waals surface area (Å²) in [5.74, 6) is 0. The molecule has 8 aromatic carbocycles. The number of hydrogen-bond acceptors (Lipinski definition) is 2. The van der Waals surface area contributed by atoms with Crippen LogP contribution in [-0.2, 0) is 5.41 Å². The van der Waals surface area contributed by atoms with Gasteiger partial charge in [0.1, 0.15) is 0 Å². The van der Waals surface area contributed by atoms with Crippen molar-refractivity contribution in [3.8, 4) is 16.8 Å². The predicted octanol–water partition coefficient (Wildman–Crippen LogP) is 13.1. The number of anilines is 3. The zero-order chi connectivity index (χ0) is 34.2. The van der Waals surface area contributed by atoms with Crippen LogP contribution in [0.5, 0.6) is 0 Å². The Bertz CT molecular complexity index is 2730. The van der Waals surface area contributed by atoms with Crippen molar-refractivity contribution in [2.75, 3.05) is 4.90 Å². The second kappa shape index (κ2) is 11.4. The first kappa shape index (κ1) is 29.4. The van der Waals surface area contributed by atoms with E-state index >= 15 is 0 Å². The maximum atomic E-state index is 2.52. The molecule has 1 aromatic heterocycles. The van der Waals surface area contributed by atoms with Gasteiger partial charge in [0.25, 0.3) is 0 Å². The van der Waals surface area contributed by atoms with Gasteiger partial charge in [0, 0.05) is 43.3 Å². The van der Waals surface area contributed by atoms with Crippen molar-refractivity contribution >= 4 is 50.6 Å². The minimum absolute atomic E-state index is 0.401. The van der Waals surface area contributed by atoms with Gasteiger partial charge in [0.15, 0.2) is 0 Å². The van der Waals surface area contributed by atoms with Crippen LogP contribution < -0.4 is 4.90 Å². The third-order valence-electron chi connectivity index (χ3n) is 11.0. The van der Waals surface area contributed by atoms with E-state index in [1.54, 1.807) is 0 Å². The molecule has 11 rings (SSSR count). The van der Waals surface area contributed by atoms with Gasteiger partial charge in [-0.25, -0.2) is 0 Å². The van der Waals surface area contributed by atoms with E-state index < -0.39 is 5.41 Å². The summed E-state index contributed by atoms with van der Waals surface area (Å²) in [6, 6.07) is 71.3. The zero-order valence-electron chi connectivity index (χ0n) is 28.3. The van der Waals surface area contributed by atoms with Crippen molar-refractivity contribution in [3.05, 3.63) is 216 Å². The molecule has 0 fully saturated rings. The highest BCUT2D eigenvalue weighted by Gasteiger charge is 2.50. The van der Waals surface area contributed by atoms with Gasteiger partial charge in [0.2, 0.25) is 0 Å². The van der Waals surface area contributed by atoms with Crippen molar-refractivity contribution in [2.45, 2.75) is 15.2 Å². The SMILES string of the molecule is c1ccc(N(c2ccccc2)c2ccc(-n3c4ccccc4c4cc5c(cc43)Sc3ccccc3C53c4ccccc4-c4ccccc43)cc2)cc1. The fourth-order valence-corrected chi connectivity index (χ4v) is 10.2. The third kappa shape index (κ3) is 4.08. The third-order valence-corrected chi connectivity index (χ3v) is 12.2. The summed E-state index contributed by atoms with van der Waals surface area (Å²) in [4.78, 5) is 4.93. The molecule has 2 heterocycles. The molecule has 2 nitrogen and oxygen atoms in total. The minimum Gasteiger partial charge on any atom is -0.311 e. The van der Waals surface area contributed by atoms with Crippen molar-refractivity contribution in [3.63, 3.8) is 0 Å². The van der Waals surface area contributed by atoms with Gasteiger partial charge >= 0.3 is 0 Å². The Kier molecular flexibility index (Phi) is 6.43. The van der Waals surface area contributed by atoms with Gasteiger partial charge in [-0.1, -0.05) is 133 Å². The Morgan fingerprint density at radius 3 is 1.60 bits per heavy atom. The second-order valence-corrected chi connectivity index (χ2v) is 14.8. The highest BCUT2D eigenvalue weighted by Crippen LogP contribution is 2.62. The molecular formula is C49H32N2S. The van der Waals surface area contributed by atoms with Gasteiger partial charge in [-0.05, 0) is 106 Å². The molecule has 9 aromatic rings. The minimum atomic E-state index is -0.401. The van der Waals surface area contributed by atoms with E-state index in [4.69, 9.17) is 0 Å². The summed E-state index contributed by atoms with van der Waals surface area (Å²) >= 11 is 1.90. The van der Waals surface area contributed by atoms with Crippen LogP contribution in [0.25, 0.3) is 38.6 Å². The van der Waals surface area contributed by atoms with Crippen LogP contribution in [-0.4, -0.2) is 4.57 Å². The lowest BCUT2D eigenvalue weighted by Gasteiger charge is -2.39. The van der Waals surface area contributed by atoms with Crippen molar-refractivity contribution in [1.29, 1.82) is 0 Å². The maximum Gasteiger partial charge on any atom is 0.0735 e. The standard InChI is InChI=1S/C49H32N2S/c1-3-15-33(16-4-1)50(34-17-5-2-6-18-34)35-27-29-36(30-28-35)51-45-25-13-9-21-39(45)40-31-44-48(32-46(40)51)52-47-26-14-12-24-43(47)49(44)41-22-10-7-19-37(41)38-20-8-11-23-42(38)49/h1-32H. The monoisotopic (exact) mass is 680 g/mol. The highest BCUT2D eigenvalue weighted by molar-refractivity contribution is 7.99. The summed E-state index contributed by atoms with van der Waals surface area (Å²) in [5, 5.41) is 2.54. The quantitative estimate of drug-likeness (QED) is 0.183. The van der Waals surface area contributed by atoms with E-state index in [-0.39, 0.29) is 0 Å². The van der Waals surface area contributed by atoms with Crippen molar-refractivity contribution in [1.82, 2.24) is 4.57 Å². The molecule has 1 spiro atoms. The molecular weight excluding hydrogens is 649 g/mol. The van der Waals surface area contributed by atoms with E-state index in [0.717, 1.165) is 22.7 Å². The Morgan fingerprint density at radius 2 is 0.923 bits per heavy atom. The molecule has 3 heteroatoms. The molecule has 0 radical (unpaired) electrons. The lowest BCUT2D eigenvalue weighted by Crippen LogP contribution is -2.31. The number of para-hydroxylation sites is 3. The Labute approximate surface area is 307 Å². The topological polar surface area (TPSA) is 8.17 Å². The maximum absolute atomic E-state index is 2.52. The number of benzene rings is 8. The number of hydrogen-bond donors (Lipinski definition) is 0. The van der Waals surface area contributed by atoms with Crippen LogP contribution in [0.2, 0.25) is 0 Å². The van der Waals surface area contributed by atoms with Gasteiger partial charge in [0.05, 0.1) is 16.4 Å². The van der Waals surface area contributed by atoms with Crippen LogP contribution in [0.3, 0.4) is 0 Å². The molecule has 0 atom stereocenters. The molecule has 2 aliphatic rings. The average Bonchev–Trinajstić information content (AvgIpc) is 3.69. The predicted molar refractivity (Wildman–Crippen MR) is 217 cm³/mol. The first-order chi connectivity index (χ1) is 25.8. The average molecular weight is 681 g/mol.